The molecule has 0 atom stereocenters. The van der Waals surface area contributed by atoms with Crippen LogP contribution in [0.1, 0.15) is 26.3 Å². The third-order valence-electron chi connectivity index (χ3n) is 3.73. The van der Waals surface area contributed by atoms with Gasteiger partial charge in [-0.1, -0.05) is 15.9 Å². The first-order chi connectivity index (χ1) is 12.4. The maximum atomic E-state index is 13.5. The summed E-state index contributed by atoms with van der Waals surface area (Å²) in [4.78, 5) is 46.1. The number of hydrogen-bond donors (Lipinski definition) is 2. The number of nitro benzene ring substituents is 1. The van der Waals surface area contributed by atoms with Crippen molar-refractivity contribution in [2.24, 2.45) is 0 Å². The molecule has 0 fully saturated rings. The lowest BCUT2D eigenvalue weighted by Crippen LogP contribution is -2.27. The van der Waals surface area contributed by atoms with Crippen molar-refractivity contribution in [1.82, 2.24) is 9.88 Å². The lowest BCUT2D eigenvalue weighted by molar-refractivity contribution is -0.384. The molecule has 0 bridgehead atoms. The van der Waals surface area contributed by atoms with Crippen molar-refractivity contribution in [3.63, 3.8) is 0 Å². The van der Waals surface area contributed by atoms with E-state index in [0.717, 1.165) is 6.07 Å². The van der Waals surface area contributed by atoms with Crippen molar-refractivity contribution in [2.45, 2.75) is 6.18 Å². The number of nitrogen functional groups attached to an aromatic ring is 1. The molecule has 0 unspecified atom stereocenters. The Kier molecular flexibility index (Phi) is 4.06. The average molecular weight is 447 g/mol. The number of hydrogen-bond acceptors (Lipinski definition) is 6. The zero-order chi connectivity index (χ0) is 20.3. The van der Waals surface area contributed by atoms with Gasteiger partial charge in [-0.15, -0.1) is 0 Å². The van der Waals surface area contributed by atoms with Crippen LogP contribution in [0.5, 0.6) is 0 Å². The summed E-state index contributed by atoms with van der Waals surface area (Å²) >= 11 is 2.75. The van der Waals surface area contributed by atoms with Gasteiger partial charge in [0.1, 0.15) is 11.5 Å². The molecule has 0 aliphatic carbocycles. The van der Waals surface area contributed by atoms with Gasteiger partial charge in [-0.05, 0) is 6.07 Å². The second kappa shape index (κ2) is 5.90. The number of nitrogens with two attached hydrogens (primary N) is 1. The van der Waals surface area contributed by atoms with Crippen LogP contribution in [-0.4, -0.2) is 21.3 Å². The molecule has 0 saturated carbocycles. The number of aromatic nitrogens is 1. The molecule has 3 N–H and O–H groups in total. The van der Waals surface area contributed by atoms with Crippen LogP contribution < -0.4 is 16.6 Å². The van der Waals surface area contributed by atoms with E-state index in [2.05, 4.69) is 15.9 Å². The number of amides is 2. The van der Waals surface area contributed by atoms with Crippen molar-refractivity contribution in [1.29, 1.82) is 0 Å². The number of nitrogens with zero attached hydrogens (tertiary/aromatic N) is 2. The third kappa shape index (κ3) is 2.85. The maximum Gasteiger partial charge on any atom is 0.418 e. The molecular formula is C14H6BrF3N4O5. The fourth-order valence-corrected chi connectivity index (χ4v) is 3.13. The molecule has 9 nitrogen and oxygen atoms in total. The van der Waals surface area contributed by atoms with E-state index >= 15 is 0 Å². The summed E-state index contributed by atoms with van der Waals surface area (Å²) in [5.41, 5.74) is -0.276. The summed E-state index contributed by atoms with van der Waals surface area (Å²) in [6, 6.07) is 1.89. The van der Waals surface area contributed by atoms with Crippen LogP contribution in [0.15, 0.2) is 27.5 Å². The summed E-state index contributed by atoms with van der Waals surface area (Å²) in [5.74, 6) is -2.81. The van der Waals surface area contributed by atoms with Crippen molar-refractivity contribution in [3.05, 3.63) is 59.8 Å². The van der Waals surface area contributed by atoms with Gasteiger partial charge in [-0.3, -0.25) is 34.4 Å². The van der Waals surface area contributed by atoms with E-state index in [0.29, 0.717) is 12.1 Å². The third-order valence-corrected chi connectivity index (χ3v) is 4.19. The van der Waals surface area contributed by atoms with Crippen LogP contribution in [-0.2, 0) is 6.18 Å². The molecule has 1 aliphatic rings. The van der Waals surface area contributed by atoms with E-state index in [-0.39, 0.29) is 9.04 Å². The normalized spacial score (nSPS) is 13.5. The predicted octanol–water partition coefficient (Wildman–Crippen LogP) is 1.99. The molecule has 27 heavy (non-hydrogen) atoms. The zero-order valence-electron chi connectivity index (χ0n) is 12.8. The molecule has 3 rings (SSSR count). The Morgan fingerprint density at radius 3 is 2.33 bits per heavy atom. The fourth-order valence-electron chi connectivity index (χ4n) is 2.69. The number of anilines is 1. The van der Waals surface area contributed by atoms with Crippen LogP contribution in [0.2, 0.25) is 0 Å². The molecule has 2 amide bonds. The van der Waals surface area contributed by atoms with Gasteiger partial charge in [0.15, 0.2) is 0 Å². The zero-order valence-corrected chi connectivity index (χ0v) is 14.3. The minimum atomic E-state index is -5.09. The molecule has 0 saturated heterocycles. The number of benzene rings is 1. The van der Waals surface area contributed by atoms with Crippen molar-refractivity contribution in [2.75, 3.05) is 5.73 Å². The number of pyridine rings is 1. The van der Waals surface area contributed by atoms with Crippen LogP contribution in [0.4, 0.5) is 24.7 Å². The largest absolute Gasteiger partial charge is 0.418 e. The topological polar surface area (TPSA) is 137 Å². The minimum absolute atomic E-state index is 0.199. The lowest BCUT2D eigenvalue weighted by Gasteiger charge is -2.17. The Morgan fingerprint density at radius 2 is 1.78 bits per heavy atom. The number of halogens is 4. The van der Waals surface area contributed by atoms with E-state index < -0.39 is 62.4 Å². The number of carbonyl (C=O) groups is 2. The van der Waals surface area contributed by atoms with E-state index in [1.54, 1.807) is 0 Å². The molecule has 1 aromatic heterocycles. The number of fused-ring (bicyclic) bond motifs is 1. The lowest BCUT2D eigenvalue weighted by atomic mass is 10.1. The standard InChI is InChI=1S/C14H6BrF3N4O5/c15-4-1-6(14(16,17)18)10(7(2-4)22(26)27)21-8(23)3-5-9(11(21)19)13(25)20-12(5)24/h1-3H,19H2,(H,20,24,25). The summed E-state index contributed by atoms with van der Waals surface area (Å²) in [5, 5.41) is 13.2. The van der Waals surface area contributed by atoms with Crippen molar-refractivity contribution < 1.29 is 27.7 Å². The molecule has 0 spiro atoms. The molecule has 1 aliphatic heterocycles. The molecule has 2 aromatic rings. The van der Waals surface area contributed by atoms with Gasteiger partial charge in [-0.2, -0.15) is 13.2 Å². The number of alkyl halides is 3. The summed E-state index contributed by atoms with van der Waals surface area (Å²) in [7, 11) is 0. The van der Waals surface area contributed by atoms with Crippen molar-refractivity contribution >= 4 is 39.2 Å². The van der Waals surface area contributed by atoms with Gasteiger partial charge in [0.05, 0.1) is 21.6 Å². The van der Waals surface area contributed by atoms with Gasteiger partial charge in [0.25, 0.3) is 23.1 Å². The number of nitro groups is 1. The SMILES string of the molecule is Nc1c2c(cc(=O)n1-c1c([N+](=O)[O-])cc(Br)cc1C(F)(F)F)C(=O)NC2=O. The van der Waals surface area contributed by atoms with E-state index in [9.17, 15) is 37.7 Å². The van der Waals surface area contributed by atoms with Crippen LogP contribution in [0.3, 0.4) is 0 Å². The highest BCUT2D eigenvalue weighted by Crippen LogP contribution is 2.41. The molecule has 0 radical (unpaired) electrons. The average Bonchev–Trinajstić information content (AvgIpc) is 2.81. The Morgan fingerprint density at radius 1 is 1.15 bits per heavy atom. The molecular weight excluding hydrogens is 441 g/mol. The number of imide groups is 1. The Bertz CT molecular complexity index is 1110. The number of carbonyl (C=O) groups excluding carboxylic acids is 2. The van der Waals surface area contributed by atoms with Crippen LogP contribution in [0, 0.1) is 10.1 Å². The summed E-state index contributed by atoms with van der Waals surface area (Å²) < 4.78 is 40.4. The van der Waals surface area contributed by atoms with Crippen molar-refractivity contribution in [3.8, 4) is 5.69 Å². The maximum absolute atomic E-state index is 13.5. The first-order valence-corrected chi connectivity index (χ1v) is 7.69. The quantitative estimate of drug-likeness (QED) is 0.411. The van der Waals surface area contributed by atoms with Gasteiger partial charge in [0, 0.05) is 16.6 Å². The van der Waals surface area contributed by atoms with Crippen LogP contribution in [0.25, 0.3) is 5.69 Å². The molecule has 140 valence electrons. The van der Waals surface area contributed by atoms with Gasteiger partial charge in [0.2, 0.25) is 0 Å². The van der Waals surface area contributed by atoms with E-state index in [1.165, 1.54) is 0 Å². The van der Waals surface area contributed by atoms with E-state index in [4.69, 9.17) is 5.73 Å². The van der Waals surface area contributed by atoms with Gasteiger partial charge in [-0.25, -0.2) is 0 Å². The fraction of sp³-hybridized carbons (Fsp3) is 0.0714. The second-order valence-electron chi connectivity index (χ2n) is 5.35. The molecule has 1 aromatic carbocycles. The Hall–Kier alpha value is -3.22. The smallest absolute Gasteiger partial charge is 0.384 e. The predicted molar refractivity (Wildman–Crippen MR) is 87.6 cm³/mol. The number of rotatable bonds is 2. The monoisotopic (exact) mass is 446 g/mol. The Labute approximate surface area is 154 Å². The van der Waals surface area contributed by atoms with E-state index in [1.807, 2.05) is 5.32 Å². The first-order valence-electron chi connectivity index (χ1n) is 6.90. The van der Waals surface area contributed by atoms with Crippen LogP contribution >= 0.6 is 15.9 Å². The highest BCUT2D eigenvalue weighted by atomic mass is 79.9. The Balaban J connectivity index is 2.51. The number of nitrogens with one attached hydrogen (secondary N) is 1. The molecule has 13 heteroatoms. The van der Waals surface area contributed by atoms with Gasteiger partial charge < -0.3 is 5.73 Å². The minimum Gasteiger partial charge on any atom is -0.384 e. The molecule has 2 heterocycles. The first kappa shape index (κ1) is 18.6. The second-order valence-corrected chi connectivity index (χ2v) is 6.27. The highest BCUT2D eigenvalue weighted by Gasteiger charge is 2.40. The van der Waals surface area contributed by atoms with Gasteiger partial charge >= 0.3 is 6.18 Å². The summed E-state index contributed by atoms with van der Waals surface area (Å²) in [6.45, 7) is 0. The summed E-state index contributed by atoms with van der Waals surface area (Å²) in [6.07, 6.45) is -5.09. The highest BCUT2D eigenvalue weighted by molar-refractivity contribution is 9.10.